The van der Waals surface area contributed by atoms with E-state index in [9.17, 15) is 4.79 Å². The summed E-state index contributed by atoms with van der Waals surface area (Å²) in [6, 6.07) is 22.3. The van der Waals surface area contributed by atoms with E-state index in [1.54, 1.807) is 6.07 Å². The van der Waals surface area contributed by atoms with Crippen LogP contribution in [0.4, 0.5) is 5.82 Å². The van der Waals surface area contributed by atoms with E-state index in [0.29, 0.717) is 18.1 Å². The molecule has 0 aliphatic rings. The van der Waals surface area contributed by atoms with E-state index in [4.69, 9.17) is 0 Å². The molecule has 1 heterocycles. The standard InChI is InChI=1S/C24H28N4O/c1-3-28(18-21-13-8-5-9-14-21)23-17-22(26-19(2)27-23)24(29)25-16-10-15-20-11-6-4-7-12-20/h4-9,11-14,17H,3,10,15-16,18H2,1-2H3,(H,25,29). The molecule has 1 N–H and O–H groups in total. The fourth-order valence-corrected chi connectivity index (χ4v) is 3.22. The predicted molar refractivity (Wildman–Crippen MR) is 117 cm³/mol. The van der Waals surface area contributed by atoms with Gasteiger partial charge in [0, 0.05) is 25.7 Å². The Morgan fingerprint density at radius 1 is 0.966 bits per heavy atom. The number of nitrogens with one attached hydrogen (secondary N) is 1. The Morgan fingerprint density at radius 2 is 1.62 bits per heavy atom. The van der Waals surface area contributed by atoms with Gasteiger partial charge in [-0.25, -0.2) is 9.97 Å². The molecular formula is C24H28N4O. The van der Waals surface area contributed by atoms with E-state index >= 15 is 0 Å². The Labute approximate surface area is 172 Å². The molecule has 0 saturated carbocycles. The van der Waals surface area contributed by atoms with E-state index in [0.717, 1.165) is 31.7 Å². The number of aromatic nitrogens is 2. The van der Waals surface area contributed by atoms with E-state index in [2.05, 4.69) is 51.4 Å². The Kier molecular flexibility index (Phi) is 7.34. The van der Waals surface area contributed by atoms with Gasteiger partial charge in [-0.3, -0.25) is 4.79 Å². The van der Waals surface area contributed by atoms with Crippen LogP contribution in [-0.2, 0) is 13.0 Å². The molecule has 1 aromatic heterocycles. The molecule has 0 bridgehead atoms. The molecule has 0 spiro atoms. The van der Waals surface area contributed by atoms with Gasteiger partial charge in [0.1, 0.15) is 17.3 Å². The van der Waals surface area contributed by atoms with Crippen LogP contribution in [0.15, 0.2) is 66.7 Å². The molecule has 5 nitrogen and oxygen atoms in total. The Hall–Kier alpha value is -3.21. The predicted octanol–water partition coefficient (Wildman–Crippen LogP) is 4.17. The van der Waals surface area contributed by atoms with Crippen molar-refractivity contribution in [1.29, 1.82) is 0 Å². The van der Waals surface area contributed by atoms with Crippen molar-refractivity contribution in [2.45, 2.75) is 33.2 Å². The average molecular weight is 389 g/mol. The molecule has 2 aromatic carbocycles. The Morgan fingerprint density at radius 3 is 2.28 bits per heavy atom. The highest BCUT2D eigenvalue weighted by molar-refractivity contribution is 5.92. The van der Waals surface area contributed by atoms with Crippen LogP contribution in [0, 0.1) is 6.92 Å². The summed E-state index contributed by atoms with van der Waals surface area (Å²) in [5, 5.41) is 2.98. The largest absolute Gasteiger partial charge is 0.352 e. The molecule has 0 atom stereocenters. The van der Waals surface area contributed by atoms with Gasteiger partial charge in [-0.1, -0.05) is 60.7 Å². The third-order valence-electron chi connectivity index (χ3n) is 4.75. The van der Waals surface area contributed by atoms with E-state index < -0.39 is 0 Å². The maximum Gasteiger partial charge on any atom is 0.270 e. The molecule has 29 heavy (non-hydrogen) atoms. The molecule has 0 saturated heterocycles. The molecule has 0 aliphatic heterocycles. The lowest BCUT2D eigenvalue weighted by atomic mass is 10.1. The third-order valence-corrected chi connectivity index (χ3v) is 4.75. The van der Waals surface area contributed by atoms with Gasteiger partial charge in [0.05, 0.1) is 0 Å². The van der Waals surface area contributed by atoms with Crippen molar-refractivity contribution in [3.63, 3.8) is 0 Å². The molecule has 1 amide bonds. The van der Waals surface area contributed by atoms with E-state index in [-0.39, 0.29) is 5.91 Å². The first-order valence-electron chi connectivity index (χ1n) is 10.1. The quantitative estimate of drug-likeness (QED) is 0.559. The first-order chi connectivity index (χ1) is 14.2. The molecule has 0 radical (unpaired) electrons. The normalized spacial score (nSPS) is 10.6. The van der Waals surface area contributed by atoms with Crippen molar-refractivity contribution in [3.8, 4) is 0 Å². The van der Waals surface area contributed by atoms with E-state index in [1.165, 1.54) is 11.1 Å². The lowest BCUT2D eigenvalue weighted by Gasteiger charge is -2.22. The Balaban J connectivity index is 1.61. The zero-order valence-corrected chi connectivity index (χ0v) is 17.1. The highest BCUT2D eigenvalue weighted by atomic mass is 16.1. The molecule has 0 fully saturated rings. The summed E-state index contributed by atoms with van der Waals surface area (Å²) in [6.45, 7) is 6.07. The fourth-order valence-electron chi connectivity index (χ4n) is 3.22. The van der Waals surface area contributed by atoms with Gasteiger partial charge in [-0.05, 0) is 37.8 Å². The van der Waals surface area contributed by atoms with Crippen molar-refractivity contribution in [2.75, 3.05) is 18.0 Å². The number of anilines is 1. The summed E-state index contributed by atoms with van der Waals surface area (Å²) in [4.78, 5) is 23.7. The van der Waals surface area contributed by atoms with Gasteiger partial charge in [0.15, 0.2) is 0 Å². The van der Waals surface area contributed by atoms with Gasteiger partial charge < -0.3 is 10.2 Å². The molecule has 150 valence electrons. The summed E-state index contributed by atoms with van der Waals surface area (Å²) in [6.07, 6.45) is 1.83. The minimum atomic E-state index is -0.152. The number of benzene rings is 2. The number of hydrogen-bond donors (Lipinski definition) is 1. The van der Waals surface area contributed by atoms with Gasteiger partial charge >= 0.3 is 0 Å². The average Bonchev–Trinajstić information content (AvgIpc) is 2.76. The number of carbonyl (C=O) groups is 1. The summed E-state index contributed by atoms with van der Waals surface area (Å²) < 4.78 is 0. The van der Waals surface area contributed by atoms with Crippen molar-refractivity contribution >= 4 is 11.7 Å². The number of nitrogens with zero attached hydrogens (tertiary/aromatic N) is 3. The lowest BCUT2D eigenvalue weighted by molar-refractivity contribution is 0.0948. The number of aryl methyl sites for hydroxylation is 2. The van der Waals surface area contributed by atoms with Crippen LogP contribution in [0.2, 0.25) is 0 Å². The highest BCUT2D eigenvalue weighted by Crippen LogP contribution is 2.16. The first kappa shape index (κ1) is 20.5. The summed E-state index contributed by atoms with van der Waals surface area (Å²) in [7, 11) is 0. The summed E-state index contributed by atoms with van der Waals surface area (Å²) >= 11 is 0. The van der Waals surface area contributed by atoms with Crippen LogP contribution in [-0.4, -0.2) is 29.0 Å². The number of hydrogen-bond acceptors (Lipinski definition) is 4. The second kappa shape index (κ2) is 10.4. The van der Waals surface area contributed by atoms with Crippen LogP contribution >= 0.6 is 0 Å². The summed E-state index contributed by atoms with van der Waals surface area (Å²) in [5.74, 6) is 1.22. The topological polar surface area (TPSA) is 58.1 Å². The number of amides is 1. The minimum absolute atomic E-state index is 0.152. The minimum Gasteiger partial charge on any atom is -0.352 e. The lowest BCUT2D eigenvalue weighted by Crippen LogP contribution is -2.28. The zero-order chi connectivity index (χ0) is 20.5. The molecule has 0 aliphatic carbocycles. The Bertz CT molecular complexity index is 913. The fraction of sp³-hybridized carbons (Fsp3) is 0.292. The monoisotopic (exact) mass is 388 g/mol. The SMILES string of the molecule is CCN(Cc1ccccc1)c1cc(C(=O)NCCCc2ccccc2)nc(C)n1. The zero-order valence-electron chi connectivity index (χ0n) is 17.1. The maximum absolute atomic E-state index is 12.6. The van der Waals surface area contributed by atoms with Crippen molar-refractivity contribution in [3.05, 3.63) is 89.4 Å². The number of carbonyl (C=O) groups excluding carboxylic acids is 1. The summed E-state index contributed by atoms with van der Waals surface area (Å²) in [5.41, 5.74) is 2.90. The van der Waals surface area contributed by atoms with Crippen molar-refractivity contribution in [2.24, 2.45) is 0 Å². The van der Waals surface area contributed by atoms with Crippen molar-refractivity contribution in [1.82, 2.24) is 15.3 Å². The smallest absolute Gasteiger partial charge is 0.270 e. The van der Waals surface area contributed by atoms with Gasteiger partial charge in [0.2, 0.25) is 0 Å². The van der Waals surface area contributed by atoms with E-state index in [1.807, 2.05) is 43.3 Å². The van der Waals surface area contributed by atoms with Crippen LogP contribution < -0.4 is 10.2 Å². The van der Waals surface area contributed by atoms with Gasteiger partial charge in [0.25, 0.3) is 5.91 Å². The molecule has 3 aromatic rings. The van der Waals surface area contributed by atoms with Gasteiger partial charge in [-0.2, -0.15) is 0 Å². The molecule has 5 heteroatoms. The second-order valence-electron chi connectivity index (χ2n) is 7.00. The second-order valence-corrected chi connectivity index (χ2v) is 7.00. The van der Waals surface area contributed by atoms with Crippen LogP contribution in [0.1, 0.15) is 40.8 Å². The van der Waals surface area contributed by atoms with Crippen LogP contribution in [0.3, 0.4) is 0 Å². The van der Waals surface area contributed by atoms with Gasteiger partial charge in [-0.15, -0.1) is 0 Å². The number of rotatable bonds is 9. The molecular weight excluding hydrogens is 360 g/mol. The third kappa shape index (κ3) is 6.14. The van der Waals surface area contributed by atoms with Crippen LogP contribution in [0.25, 0.3) is 0 Å². The first-order valence-corrected chi connectivity index (χ1v) is 10.1. The maximum atomic E-state index is 12.6. The molecule has 3 rings (SSSR count). The highest BCUT2D eigenvalue weighted by Gasteiger charge is 2.14. The molecule has 0 unspecified atom stereocenters. The van der Waals surface area contributed by atoms with Crippen LogP contribution in [0.5, 0.6) is 0 Å². The van der Waals surface area contributed by atoms with Crippen molar-refractivity contribution < 1.29 is 4.79 Å².